The summed E-state index contributed by atoms with van der Waals surface area (Å²) in [5.74, 6) is 0.675. The molecule has 3 heteroatoms. The molecule has 0 saturated heterocycles. The van der Waals surface area contributed by atoms with E-state index >= 15 is 0 Å². The van der Waals surface area contributed by atoms with Crippen LogP contribution in [0.3, 0.4) is 0 Å². The number of nitrogens with zero attached hydrogens (tertiary/aromatic N) is 2. The zero-order valence-electron chi connectivity index (χ0n) is 9.57. The highest BCUT2D eigenvalue weighted by molar-refractivity contribution is 5.74. The minimum absolute atomic E-state index is 0.675. The normalized spacial score (nSPS) is 12.0. The number of rotatable bonds is 2. The SMILES string of the molecule is C=C/C=C(\C)c1nc2c(C)cccn2c1N. The summed E-state index contributed by atoms with van der Waals surface area (Å²) in [6.45, 7) is 7.68. The molecule has 0 atom stereocenters. The number of pyridine rings is 1. The molecule has 0 spiro atoms. The van der Waals surface area contributed by atoms with Crippen LogP contribution in [0, 0.1) is 6.92 Å². The number of fused-ring (bicyclic) bond motifs is 1. The molecule has 0 aliphatic rings. The Balaban J connectivity index is 2.74. The van der Waals surface area contributed by atoms with Crippen LogP contribution in [-0.2, 0) is 0 Å². The van der Waals surface area contributed by atoms with Gasteiger partial charge in [0.05, 0.1) is 0 Å². The van der Waals surface area contributed by atoms with Crippen molar-refractivity contribution in [3.63, 3.8) is 0 Å². The van der Waals surface area contributed by atoms with Crippen LogP contribution in [-0.4, -0.2) is 9.38 Å². The Morgan fingerprint density at radius 2 is 2.31 bits per heavy atom. The van der Waals surface area contributed by atoms with Gasteiger partial charge in [-0.1, -0.05) is 24.8 Å². The molecule has 0 fully saturated rings. The van der Waals surface area contributed by atoms with E-state index in [1.54, 1.807) is 6.08 Å². The third-order valence-corrected chi connectivity index (χ3v) is 2.62. The zero-order valence-corrected chi connectivity index (χ0v) is 9.57. The summed E-state index contributed by atoms with van der Waals surface area (Å²) in [7, 11) is 0. The summed E-state index contributed by atoms with van der Waals surface area (Å²) in [6.07, 6.45) is 5.58. The second-order valence-corrected chi connectivity index (χ2v) is 3.82. The van der Waals surface area contributed by atoms with Crippen molar-refractivity contribution in [2.75, 3.05) is 5.73 Å². The van der Waals surface area contributed by atoms with E-state index in [1.165, 1.54) is 0 Å². The van der Waals surface area contributed by atoms with E-state index in [4.69, 9.17) is 5.73 Å². The minimum atomic E-state index is 0.675. The fourth-order valence-electron chi connectivity index (χ4n) is 1.77. The second kappa shape index (κ2) is 3.85. The van der Waals surface area contributed by atoms with Crippen LogP contribution in [0.25, 0.3) is 11.2 Å². The van der Waals surface area contributed by atoms with Gasteiger partial charge in [-0.3, -0.25) is 4.40 Å². The second-order valence-electron chi connectivity index (χ2n) is 3.82. The molecule has 16 heavy (non-hydrogen) atoms. The molecule has 0 aliphatic carbocycles. The largest absolute Gasteiger partial charge is 0.383 e. The van der Waals surface area contributed by atoms with E-state index in [0.29, 0.717) is 5.82 Å². The maximum atomic E-state index is 6.06. The van der Waals surface area contributed by atoms with Gasteiger partial charge in [-0.2, -0.15) is 0 Å². The molecule has 0 saturated carbocycles. The molecule has 0 aliphatic heterocycles. The first-order valence-electron chi connectivity index (χ1n) is 5.18. The van der Waals surface area contributed by atoms with Gasteiger partial charge in [0.2, 0.25) is 0 Å². The van der Waals surface area contributed by atoms with Gasteiger partial charge in [-0.15, -0.1) is 0 Å². The number of anilines is 1. The molecule has 2 aromatic heterocycles. The fourth-order valence-corrected chi connectivity index (χ4v) is 1.77. The van der Waals surface area contributed by atoms with Gasteiger partial charge in [0.25, 0.3) is 0 Å². The molecule has 2 heterocycles. The lowest BCUT2D eigenvalue weighted by Gasteiger charge is -1.98. The molecule has 0 aromatic carbocycles. The van der Waals surface area contributed by atoms with Gasteiger partial charge >= 0.3 is 0 Å². The third kappa shape index (κ3) is 1.50. The first-order chi connectivity index (χ1) is 7.65. The van der Waals surface area contributed by atoms with Crippen molar-refractivity contribution in [1.82, 2.24) is 9.38 Å². The predicted octanol–water partition coefficient (Wildman–Crippen LogP) is 2.81. The molecule has 0 radical (unpaired) electrons. The number of allylic oxidation sites excluding steroid dienone is 3. The molecule has 0 bridgehead atoms. The lowest BCUT2D eigenvalue weighted by molar-refractivity contribution is 1.17. The number of nitrogens with two attached hydrogens (primary N) is 1. The molecular weight excluding hydrogens is 198 g/mol. The Morgan fingerprint density at radius 1 is 1.56 bits per heavy atom. The number of imidazole rings is 1. The molecule has 82 valence electrons. The van der Waals surface area contributed by atoms with Crippen LogP contribution in [0.1, 0.15) is 18.2 Å². The summed E-state index contributed by atoms with van der Waals surface area (Å²) < 4.78 is 1.91. The van der Waals surface area contributed by atoms with Gasteiger partial charge in [-0.25, -0.2) is 4.98 Å². The number of nitrogen functional groups attached to an aromatic ring is 1. The van der Waals surface area contributed by atoms with E-state index in [0.717, 1.165) is 22.5 Å². The summed E-state index contributed by atoms with van der Waals surface area (Å²) in [5, 5.41) is 0. The van der Waals surface area contributed by atoms with Gasteiger partial charge < -0.3 is 5.73 Å². The smallest absolute Gasteiger partial charge is 0.142 e. The van der Waals surface area contributed by atoms with Crippen LogP contribution < -0.4 is 5.73 Å². The standard InChI is InChI=1S/C13H15N3/c1-4-6-9(2)11-12(14)16-8-5-7-10(3)13(16)15-11/h4-8H,1,14H2,2-3H3/b9-6+. The average molecular weight is 213 g/mol. The Morgan fingerprint density at radius 3 is 2.94 bits per heavy atom. The maximum Gasteiger partial charge on any atom is 0.142 e. The first-order valence-corrected chi connectivity index (χ1v) is 5.18. The number of hydrogen-bond donors (Lipinski definition) is 1. The molecule has 0 amide bonds. The van der Waals surface area contributed by atoms with Gasteiger partial charge in [0.15, 0.2) is 0 Å². The molecule has 2 aromatic rings. The third-order valence-electron chi connectivity index (χ3n) is 2.62. The number of aromatic nitrogens is 2. The quantitative estimate of drug-likeness (QED) is 0.779. The van der Waals surface area contributed by atoms with E-state index in [2.05, 4.69) is 11.6 Å². The van der Waals surface area contributed by atoms with Crippen LogP contribution in [0.15, 0.2) is 37.1 Å². The lowest BCUT2D eigenvalue weighted by Crippen LogP contribution is -1.95. The van der Waals surface area contributed by atoms with Crippen LogP contribution >= 0.6 is 0 Å². The minimum Gasteiger partial charge on any atom is -0.383 e. The Kier molecular flexibility index (Phi) is 2.52. The number of aryl methyl sites for hydroxylation is 1. The van der Waals surface area contributed by atoms with E-state index in [-0.39, 0.29) is 0 Å². The molecular formula is C13H15N3. The van der Waals surface area contributed by atoms with E-state index in [9.17, 15) is 0 Å². The molecule has 3 nitrogen and oxygen atoms in total. The lowest BCUT2D eigenvalue weighted by atomic mass is 10.2. The maximum absolute atomic E-state index is 6.06. The number of hydrogen-bond acceptors (Lipinski definition) is 2. The first kappa shape index (κ1) is 10.5. The zero-order chi connectivity index (χ0) is 11.7. The van der Waals surface area contributed by atoms with Gasteiger partial charge in [-0.05, 0) is 31.1 Å². The summed E-state index contributed by atoms with van der Waals surface area (Å²) in [4.78, 5) is 4.55. The summed E-state index contributed by atoms with van der Waals surface area (Å²) in [6, 6.07) is 3.99. The molecule has 0 unspecified atom stereocenters. The summed E-state index contributed by atoms with van der Waals surface area (Å²) >= 11 is 0. The van der Waals surface area contributed by atoms with Crippen molar-refractivity contribution < 1.29 is 0 Å². The van der Waals surface area contributed by atoms with Crippen LogP contribution in [0.2, 0.25) is 0 Å². The highest BCUT2D eigenvalue weighted by Gasteiger charge is 2.10. The van der Waals surface area contributed by atoms with Crippen molar-refractivity contribution in [3.8, 4) is 0 Å². The van der Waals surface area contributed by atoms with Gasteiger partial charge in [0.1, 0.15) is 17.2 Å². The van der Waals surface area contributed by atoms with Crippen molar-refractivity contribution in [1.29, 1.82) is 0 Å². The molecule has 2 rings (SSSR count). The Bertz CT molecular complexity index is 576. The molecule has 2 N–H and O–H groups in total. The van der Waals surface area contributed by atoms with Crippen molar-refractivity contribution in [3.05, 3.63) is 48.3 Å². The fraction of sp³-hybridized carbons (Fsp3) is 0.154. The topological polar surface area (TPSA) is 43.3 Å². The van der Waals surface area contributed by atoms with Crippen LogP contribution in [0.4, 0.5) is 5.82 Å². The van der Waals surface area contributed by atoms with Crippen molar-refractivity contribution in [2.45, 2.75) is 13.8 Å². The van der Waals surface area contributed by atoms with Crippen molar-refractivity contribution >= 4 is 17.0 Å². The monoisotopic (exact) mass is 213 g/mol. The average Bonchev–Trinajstić information content (AvgIpc) is 2.59. The summed E-state index contributed by atoms with van der Waals surface area (Å²) in [5.41, 5.74) is 9.94. The predicted molar refractivity (Wildman–Crippen MR) is 68.2 cm³/mol. The van der Waals surface area contributed by atoms with E-state index < -0.39 is 0 Å². The van der Waals surface area contributed by atoms with Crippen molar-refractivity contribution in [2.24, 2.45) is 0 Å². The van der Waals surface area contributed by atoms with E-state index in [1.807, 2.05) is 42.7 Å². The Hall–Kier alpha value is -2.03. The van der Waals surface area contributed by atoms with Gasteiger partial charge in [0, 0.05) is 6.20 Å². The van der Waals surface area contributed by atoms with Crippen LogP contribution in [0.5, 0.6) is 0 Å². The highest BCUT2D eigenvalue weighted by atomic mass is 15.1. The highest BCUT2D eigenvalue weighted by Crippen LogP contribution is 2.23. The Labute approximate surface area is 94.9 Å².